The van der Waals surface area contributed by atoms with E-state index in [2.05, 4.69) is 5.10 Å². The van der Waals surface area contributed by atoms with E-state index in [0.29, 0.717) is 12.1 Å². The van der Waals surface area contributed by atoms with E-state index in [0.717, 1.165) is 22.9 Å². The van der Waals surface area contributed by atoms with Crippen molar-refractivity contribution in [1.82, 2.24) is 9.78 Å². The lowest BCUT2D eigenvalue weighted by Gasteiger charge is -2.14. The van der Waals surface area contributed by atoms with Crippen molar-refractivity contribution in [3.05, 3.63) is 87.7 Å². The molecule has 4 nitrogen and oxygen atoms in total. The average Bonchev–Trinajstić information content (AvgIpc) is 3.09. The van der Waals surface area contributed by atoms with Crippen molar-refractivity contribution in [2.24, 2.45) is 0 Å². The Morgan fingerprint density at radius 3 is 2.36 bits per heavy atom. The van der Waals surface area contributed by atoms with Crippen LogP contribution in [0.2, 0.25) is 5.02 Å². The number of alkyl halides is 3. The van der Waals surface area contributed by atoms with E-state index in [1.165, 1.54) is 18.2 Å². The number of hydrogen-bond donors (Lipinski definition) is 1. The van der Waals surface area contributed by atoms with Crippen molar-refractivity contribution in [1.29, 1.82) is 0 Å². The second-order valence-corrected chi connectivity index (χ2v) is 7.43. The Bertz CT molecular complexity index is 1410. The Labute approximate surface area is 186 Å². The standard InChI is InChI=1S/C22H11ClF6N2O2/c23-14-4-1-3-13(22(27,28)29)12(14)9-31-18-6-2-5-15(24)19(18)20(30-31)10-7-17(26)11(21(32)33)8-16(10)25/h1-8H,9H2,(H,32,33). The Morgan fingerprint density at radius 2 is 1.70 bits per heavy atom. The number of aromatic carboxylic acids is 1. The first-order chi connectivity index (χ1) is 15.5. The maximum atomic E-state index is 14.7. The third-order valence-corrected chi connectivity index (χ3v) is 5.36. The molecule has 0 bridgehead atoms. The van der Waals surface area contributed by atoms with Crippen LogP contribution in [0.3, 0.4) is 0 Å². The van der Waals surface area contributed by atoms with Gasteiger partial charge in [0.15, 0.2) is 0 Å². The molecule has 4 aromatic rings. The van der Waals surface area contributed by atoms with E-state index in [1.54, 1.807) is 0 Å². The number of carbonyl (C=O) groups is 1. The van der Waals surface area contributed by atoms with Gasteiger partial charge in [-0.1, -0.05) is 23.7 Å². The molecule has 0 fully saturated rings. The fraction of sp³-hybridized carbons (Fsp3) is 0.0909. The fourth-order valence-electron chi connectivity index (χ4n) is 3.52. The van der Waals surface area contributed by atoms with E-state index < -0.39 is 58.5 Å². The van der Waals surface area contributed by atoms with Crippen LogP contribution in [0.5, 0.6) is 0 Å². The summed E-state index contributed by atoms with van der Waals surface area (Å²) in [6.45, 7) is -0.550. The molecule has 1 aromatic heterocycles. The van der Waals surface area contributed by atoms with Gasteiger partial charge < -0.3 is 5.11 Å². The molecule has 170 valence electrons. The molecule has 1 heterocycles. The van der Waals surface area contributed by atoms with Crippen LogP contribution < -0.4 is 0 Å². The number of halogens is 7. The zero-order valence-electron chi connectivity index (χ0n) is 16.2. The van der Waals surface area contributed by atoms with Crippen molar-refractivity contribution in [2.75, 3.05) is 0 Å². The van der Waals surface area contributed by atoms with Crippen LogP contribution in [0.25, 0.3) is 22.2 Å². The Balaban J connectivity index is 1.95. The summed E-state index contributed by atoms with van der Waals surface area (Å²) in [7, 11) is 0. The molecule has 0 saturated heterocycles. The molecule has 4 rings (SSSR count). The van der Waals surface area contributed by atoms with Crippen molar-refractivity contribution in [3.63, 3.8) is 0 Å². The summed E-state index contributed by atoms with van der Waals surface area (Å²) >= 11 is 6.00. The molecule has 0 aliphatic heterocycles. The molecule has 1 N–H and O–H groups in total. The van der Waals surface area contributed by atoms with Crippen LogP contribution in [0.15, 0.2) is 48.5 Å². The molecule has 0 amide bonds. The summed E-state index contributed by atoms with van der Waals surface area (Å²) in [6.07, 6.45) is -4.74. The van der Waals surface area contributed by atoms with Gasteiger partial charge in [-0.2, -0.15) is 18.3 Å². The number of aromatic nitrogens is 2. The van der Waals surface area contributed by atoms with E-state index in [9.17, 15) is 31.1 Å². The van der Waals surface area contributed by atoms with Gasteiger partial charge in [-0.05, 0) is 36.4 Å². The smallest absolute Gasteiger partial charge is 0.416 e. The normalized spacial score (nSPS) is 11.8. The molecule has 0 spiro atoms. The highest BCUT2D eigenvalue weighted by Gasteiger charge is 2.34. The van der Waals surface area contributed by atoms with Crippen LogP contribution in [-0.4, -0.2) is 20.9 Å². The third-order valence-electron chi connectivity index (χ3n) is 5.00. The van der Waals surface area contributed by atoms with Gasteiger partial charge in [-0.25, -0.2) is 18.0 Å². The zero-order chi connectivity index (χ0) is 24.1. The molecular weight excluding hydrogens is 474 g/mol. The van der Waals surface area contributed by atoms with E-state index in [1.807, 2.05) is 0 Å². The van der Waals surface area contributed by atoms with Gasteiger partial charge in [0, 0.05) is 16.1 Å². The number of fused-ring (bicyclic) bond motifs is 1. The summed E-state index contributed by atoms with van der Waals surface area (Å²) < 4.78 is 85.1. The summed E-state index contributed by atoms with van der Waals surface area (Å²) in [4.78, 5) is 11.0. The molecule has 0 radical (unpaired) electrons. The van der Waals surface area contributed by atoms with E-state index >= 15 is 0 Å². The van der Waals surface area contributed by atoms with E-state index in [4.69, 9.17) is 16.7 Å². The topological polar surface area (TPSA) is 55.1 Å². The maximum absolute atomic E-state index is 14.7. The average molecular weight is 485 g/mol. The highest BCUT2D eigenvalue weighted by Crippen LogP contribution is 2.37. The summed E-state index contributed by atoms with van der Waals surface area (Å²) in [6, 6.07) is 7.83. The highest BCUT2D eigenvalue weighted by molar-refractivity contribution is 6.31. The SMILES string of the molecule is O=C(O)c1cc(F)c(-c2nn(Cc3c(Cl)cccc3C(F)(F)F)c3cccc(F)c23)cc1F. The van der Waals surface area contributed by atoms with Crippen LogP contribution in [0.1, 0.15) is 21.5 Å². The molecule has 3 aromatic carbocycles. The minimum Gasteiger partial charge on any atom is -0.478 e. The fourth-order valence-corrected chi connectivity index (χ4v) is 3.76. The molecule has 0 atom stereocenters. The molecule has 0 saturated carbocycles. The molecule has 0 aliphatic carbocycles. The second kappa shape index (κ2) is 8.11. The second-order valence-electron chi connectivity index (χ2n) is 7.02. The Hall–Kier alpha value is -3.53. The Kier molecular flexibility index (Phi) is 5.57. The van der Waals surface area contributed by atoms with Crippen molar-refractivity contribution in [2.45, 2.75) is 12.7 Å². The van der Waals surface area contributed by atoms with Gasteiger partial charge in [0.2, 0.25) is 0 Å². The van der Waals surface area contributed by atoms with Crippen LogP contribution in [-0.2, 0) is 12.7 Å². The minimum atomic E-state index is -4.74. The zero-order valence-corrected chi connectivity index (χ0v) is 17.0. The van der Waals surface area contributed by atoms with Gasteiger partial charge in [0.05, 0.1) is 28.6 Å². The van der Waals surface area contributed by atoms with Crippen molar-refractivity contribution < 1.29 is 36.2 Å². The first-order valence-corrected chi connectivity index (χ1v) is 9.59. The van der Waals surface area contributed by atoms with Gasteiger partial charge >= 0.3 is 12.1 Å². The molecule has 11 heteroatoms. The molecular formula is C22H11ClF6N2O2. The van der Waals surface area contributed by atoms with Gasteiger partial charge in [0.25, 0.3) is 0 Å². The maximum Gasteiger partial charge on any atom is 0.416 e. The lowest BCUT2D eigenvalue weighted by Crippen LogP contribution is -2.13. The van der Waals surface area contributed by atoms with Crippen molar-refractivity contribution in [3.8, 4) is 11.3 Å². The largest absolute Gasteiger partial charge is 0.478 e. The van der Waals surface area contributed by atoms with Gasteiger partial charge in [0.1, 0.15) is 23.1 Å². The van der Waals surface area contributed by atoms with Crippen LogP contribution in [0, 0.1) is 17.5 Å². The lowest BCUT2D eigenvalue weighted by molar-refractivity contribution is -0.138. The van der Waals surface area contributed by atoms with Gasteiger partial charge in [-0.15, -0.1) is 0 Å². The summed E-state index contributed by atoms with van der Waals surface area (Å²) in [5, 5.41) is 12.5. The van der Waals surface area contributed by atoms with Crippen LogP contribution >= 0.6 is 11.6 Å². The number of nitrogens with zero attached hydrogens (tertiary/aromatic N) is 2. The quantitative estimate of drug-likeness (QED) is 0.335. The highest BCUT2D eigenvalue weighted by atomic mass is 35.5. The third kappa shape index (κ3) is 4.02. The van der Waals surface area contributed by atoms with Crippen molar-refractivity contribution >= 4 is 28.5 Å². The van der Waals surface area contributed by atoms with E-state index in [-0.39, 0.29) is 21.5 Å². The first kappa shape index (κ1) is 22.7. The molecule has 33 heavy (non-hydrogen) atoms. The molecule has 0 unspecified atom stereocenters. The molecule has 0 aliphatic rings. The van der Waals surface area contributed by atoms with Crippen LogP contribution in [0.4, 0.5) is 26.3 Å². The Morgan fingerprint density at radius 1 is 1.00 bits per heavy atom. The summed E-state index contributed by atoms with van der Waals surface area (Å²) in [5.41, 5.74) is -3.27. The van der Waals surface area contributed by atoms with Gasteiger partial charge in [-0.3, -0.25) is 4.68 Å². The number of carboxylic acids is 1. The number of carboxylic acid groups (broad SMARTS) is 1. The predicted molar refractivity (Wildman–Crippen MR) is 108 cm³/mol. The lowest BCUT2D eigenvalue weighted by atomic mass is 10.0. The number of hydrogen-bond acceptors (Lipinski definition) is 2. The minimum absolute atomic E-state index is 0.000151. The number of benzene rings is 3. The first-order valence-electron chi connectivity index (χ1n) is 9.21. The predicted octanol–water partition coefficient (Wildman–Crippen LogP) is 6.54. The summed E-state index contributed by atoms with van der Waals surface area (Å²) in [5.74, 6) is -5.08. The monoisotopic (exact) mass is 484 g/mol. The number of rotatable bonds is 4.